The van der Waals surface area contributed by atoms with Crippen LogP contribution in [-0.4, -0.2) is 27.0 Å². The van der Waals surface area contributed by atoms with Crippen LogP contribution in [0.4, 0.5) is 0 Å². The minimum atomic E-state index is 0.137. The molecule has 1 N–H and O–H groups in total. The molecule has 0 aromatic carbocycles. The summed E-state index contributed by atoms with van der Waals surface area (Å²) in [5, 5.41) is 16.9. The van der Waals surface area contributed by atoms with Crippen molar-refractivity contribution in [3.8, 4) is 0 Å². The zero-order valence-electron chi connectivity index (χ0n) is 13.2. The first-order valence-corrected chi connectivity index (χ1v) is 7.55. The molecule has 0 aliphatic rings. The van der Waals surface area contributed by atoms with E-state index in [2.05, 4.69) is 33.6 Å². The highest BCUT2D eigenvalue weighted by atomic mass is 35.5. The summed E-state index contributed by atoms with van der Waals surface area (Å²) in [5.74, 6) is 0. The van der Waals surface area contributed by atoms with E-state index in [0.29, 0.717) is 0 Å². The Hall–Kier alpha value is -1.46. The van der Waals surface area contributed by atoms with Gasteiger partial charge >= 0.3 is 0 Å². The minimum absolute atomic E-state index is 0.137. The second kappa shape index (κ2) is 6.54. The van der Waals surface area contributed by atoms with Gasteiger partial charge in [-0.3, -0.25) is 4.68 Å². The second-order valence-corrected chi connectivity index (χ2v) is 5.61. The van der Waals surface area contributed by atoms with Crippen LogP contribution < -0.4 is 5.32 Å². The molecule has 2 rings (SSSR count). The van der Waals surface area contributed by atoms with Crippen LogP contribution in [0.1, 0.15) is 41.3 Å². The normalized spacial score (nSPS) is 12.7. The van der Waals surface area contributed by atoms with Gasteiger partial charge in [0, 0.05) is 19.0 Å². The molecule has 1 unspecified atom stereocenters. The third-order valence-corrected chi connectivity index (χ3v) is 4.21. The zero-order valence-corrected chi connectivity index (χ0v) is 14.0. The quantitative estimate of drug-likeness (QED) is 0.923. The molecule has 0 radical (unpaired) electrons. The van der Waals surface area contributed by atoms with Gasteiger partial charge in [-0.25, -0.2) is 0 Å². The van der Waals surface area contributed by atoms with Crippen LogP contribution in [-0.2, 0) is 13.0 Å². The van der Waals surface area contributed by atoms with Gasteiger partial charge < -0.3 is 5.32 Å². The molecular weight excluding hydrogens is 286 g/mol. The second-order valence-electron chi connectivity index (χ2n) is 5.23. The van der Waals surface area contributed by atoms with E-state index in [9.17, 15) is 0 Å². The Balaban J connectivity index is 2.38. The van der Waals surface area contributed by atoms with Crippen LogP contribution in [0.25, 0.3) is 0 Å². The van der Waals surface area contributed by atoms with Gasteiger partial charge in [0.25, 0.3) is 0 Å². The maximum atomic E-state index is 6.41. The zero-order chi connectivity index (χ0) is 15.6. The predicted octanol–water partition coefficient (Wildman–Crippen LogP) is 2.77. The lowest BCUT2D eigenvalue weighted by Gasteiger charge is -2.19. The van der Waals surface area contributed by atoms with Crippen molar-refractivity contribution in [2.45, 2.75) is 46.7 Å². The molecule has 21 heavy (non-hydrogen) atoms. The van der Waals surface area contributed by atoms with Gasteiger partial charge in [-0.1, -0.05) is 11.6 Å². The van der Waals surface area contributed by atoms with E-state index in [0.717, 1.165) is 46.3 Å². The van der Waals surface area contributed by atoms with Crippen molar-refractivity contribution in [2.24, 2.45) is 0 Å². The fourth-order valence-corrected chi connectivity index (χ4v) is 2.76. The third-order valence-electron chi connectivity index (χ3n) is 3.71. The fourth-order valence-electron chi connectivity index (χ4n) is 2.55. The first-order valence-electron chi connectivity index (χ1n) is 7.17. The molecule has 2 aromatic heterocycles. The molecule has 6 heteroatoms. The number of halogens is 1. The summed E-state index contributed by atoms with van der Waals surface area (Å²) in [7, 11) is 1.95. The molecule has 2 heterocycles. The molecule has 0 aliphatic carbocycles. The van der Waals surface area contributed by atoms with Crippen LogP contribution >= 0.6 is 11.6 Å². The summed E-state index contributed by atoms with van der Waals surface area (Å²) in [6.45, 7) is 8.76. The standard InChI is InChI=1S/C15H22ClN5/c1-6-21-14(15(16)11(4)20-21)8-13(17-5)12-7-9(2)18-19-10(12)3/h7,13,17H,6,8H2,1-5H3. The molecule has 0 spiro atoms. The lowest BCUT2D eigenvalue weighted by atomic mass is 10.0. The lowest BCUT2D eigenvalue weighted by Crippen LogP contribution is -2.22. The molecular formula is C15H22ClN5. The van der Waals surface area contributed by atoms with Gasteiger partial charge in [-0.15, -0.1) is 0 Å². The summed E-state index contributed by atoms with van der Waals surface area (Å²) < 4.78 is 1.97. The van der Waals surface area contributed by atoms with Gasteiger partial charge in [-0.2, -0.15) is 15.3 Å². The molecule has 0 aliphatic heterocycles. The predicted molar refractivity (Wildman–Crippen MR) is 84.7 cm³/mol. The number of aryl methyl sites for hydroxylation is 4. The van der Waals surface area contributed by atoms with Gasteiger partial charge in [0.15, 0.2) is 0 Å². The summed E-state index contributed by atoms with van der Waals surface area (Å²) in [6, 6.07) is 2.22. The number of likely N-dealkylation sites (N-methyl/N-ethyl adjacent to an activating group) is 1. The first kappa shape index (κ1) is 15.9. The first-order chi connectivity index (χ1) is 9.97. The summed E-state index contributed by atoms with van der Waals surface area (Å²) in [6.07, 6.45) is 0.774. The number of hydrogen-bond acceptors (Lipinski definition) is 4. The van der Waals surface area contributed by atoms with Gasteiger partial charge in [0.1, 0.15) is 0 Å². The van der Waals surface area contributed by atoms with Crippen LogP contribution in [0.3, 0.4) is 0 Å². The van der Waals surface area contributed by atoms with E-state index >= 15 is 0 Å². The highest BCUT2D eigenvalue weighted by Gasteiger charge is 2.20. The fraction of sp³-hybridized carbons (Fsp3) is 0.533. The highest BCUT2D eigenvalue weighted by molar-refractivity contribution is 6.31. The van der Waals surface area contributed by atoms with Gasteiger partial charge in [0.05, 0.1) is 27.8 Å². The molecule has 0 bridgehead atoms. The van der Waals surface area contributed by atoms with Crippen molar-refractivity contribution in [1.29, 1.82) is 0 Å². The monoisotopic (exact) mass is 307 g/mol. The Kier molecular flexibility index (Phi) is 4.96. The third kappa shape index (κ3) is 3.24. The van der Waals surface area contributed by atoms with Gasteiger partial charge in [-0.05, 0) is 46.4 Å². The Morgan fingerprint density at radius 3 is 2.57 bits per heavy atom. The van der Waals surface area contributed by atoms with Crippen molar-refractivity contribution >= 4 is 11.6 Å². The molecule has 114 valence electrons. The SMILES string of the molecule is CCn1nc(C)c(Cl)c1CC(NC)c1cc(C)nnc1C. The molecule has 0 saturated carbocycles. The average molecular weight is 308 g/mol. The van der Waals surface area contributed by atoms with Crippen LogP contribution in [0.5, 0.6) is 0 Å². The summed E-state index contributed by atoms with van der Waals surface area (Å²) in [4.78, 5) is 0. The summed E-state index contributed by atoms with van der Waals surface area (Å²) in [5.41, 5.74) is 4.95. The van der Waals surface area contributed by atoms with E-state index in [4.69, 9.17) is 11.6 Å². The topological polar surface area (TPSA) is 55.6 Å². The highest BCUT2D eigenvalue weighted by Crippen LogP contribution is 2.27. The molecule has 2 aromatic rings. The number of nitrogens with one attached hydrogen (secondary N) is 1. The number of aromatic nitrogens is 4. The molecule has 0 amide bonds. The Labute approximate surface area is 130 Å². The van der Waals surface area contributed by atoms with Crippen molar-refractivity contribution in [1.82, 2.24) is 25.3 Å². The van der Waals surface area contributed by atoms with Crippen molar-refractivity contribution in [2.75, 3.05) is 7.05 Å². The van der Waals surface area contributed by atoms with Crippen LogP contribution in [0, 0.1) is 20.8 Å². The number of nitrogens with zero attached hydrogens (tertiary/aromatic N) is 4. The van der Waals surface area contributed by atoms with Crippen LogP contribution in [0.2, 0.25) is 5.02 Å². The van der Waals surface area contributed by atoms with Crippen molar-refractivity contribution < 1.29 is 0 Å². The van der Waals surface area contributed by atoms with E-state index < -0.39 is 0 Å². The molecule has 0 fully saturated rings. The van der Waals surface area contributed by atoms with E-state index in [1.54, 1.807) is 0 Å². The van der Waals surface area contributed by atoms with Crippen molar-refractivity contribution in [3.63, 3.8) is 0 Å². The van der Waals surface area contributed by atoms with Crippen molar-refractivity contribution in [3.05, 3.63) is 39.4 Å². The van der Waals surface area contributed by atoms with E-state index in [1.807, 2.05) is 32.5 Å². The number of hydrogen-bond donors (Lipinski definition) is 1. The Bertz CT molecular complexity index is 635. The smallest absolute Gasteiger partial charge is 0.0847 e. The Morgan fingerprint density at radius 1 is 1.24 bits per heavy atom. The summed E-state index contributed by atoms with van der Waals surface area (Å²) >= 11 is 6.41. The molecule has 0 saturated heterocycles. The number of rotatable bonds is 5. The Morgan fingerprint density at radius 2 is 1.95 bits per heavy atom. The maximum Gasteiger partial charge on any atom is 0.0847 e. The lowest BCUT2D eigenvalue weighted by molar-refractivity contribution is 0.536. The minimum Gasteiger partial charge on any atom is -0.313 e. The maximum absolute atomic E-state index is 6.41. The largest absolute Gasteiger partial charge is 0.313 e. The molecule has 1 atom stereocenters. The van der Waals surface area contributed by atoms with Crippen LogP contribution in [0.15, 0.2) is 6.07 Å². The molecule has 5 nitrogen and oxygen atoms in total. The average Bonchev–Trinajstić information content (AvgIpc) is 2.74. The van der Waals surface area contributed by atoms with Gasteiger partial charge in [0.2, 0.25) is 0 Å². The van der Waals surface area contributed by atoms with E-state index in [1.165, 1.54) is 0 Å². The van der Waals surface area contributed by atoms with E-state index in [-0.39, 0.29) is 6.04 Å².